The molecule has 0 bridgehead atoms. The van der Waals surface area contributed by atoms with E-state index in [0.717, 1.165) is 10.5 Å². The Bertz CT molecular complexity index is 684. The molecule has 2 nitrogen and oxygen atoms in total. The molecule has 2 aromatic rings. The Balaban J connectivity index is 1.99. The first-order valence-corrected chi connectivity index (χ1v) is 8.58. The van der Waals surface area contributed by atoms with Gasteiger partial charge in [-0.2, -0.15) is 0 Å². The van der Waals surface area contributed by atoms with Gasteiger partial charge in [-0.05, 0) is 50.1 Å². The highest BCUT2D eigenvalue weighted by atomic mass is 32.2. The van der Waals surface area contributed by atoms with Crippen LogP contribution in [0.4, 0.5) is 4.39 Å². The van der Waals surface area contributed by atoms with Crippen molar-refractivity contribution in [3.8, 4) is 0 Å². The highest BCUT2D eigenvalue weighted by molar-refractivity contribution is 8.00. The van der Waals surface area contributed by atoms with E-state index in [1.165, 1.54) is 23.3 Å². The maximum Gasteiger partial charge on any atom is 0.233 e. The van der Waals surface area contributed by atoms with Crippen LogP contribution < -0.4 is 0 Å². The van der Waals surface area contributed by atoms with E-state index >= 15 is 0 Å². The number of amides is 1. The topological polar surface area (TPSA) is 20.3 Å². The van der Waals surface area contributed by atoms with Gasteiger partial charge in [0.25, 0.3) is 0 Å². The summed E-state index contributed by atoms with van der Waals surface area (Å²) in [5.74, 6) is 0.194. The zero-order chi connectivity index (χ0) is 17.0. The molecule has 0 fully saturated rings. The quantitative estimate of drug-likeness (QED) is 0.737. The highest BCUT2D eigenvalue weighted by Gasteiger charge is 2.17. The van der Waals surface area contributed by atoms with E-state index in [9.17, 15) is 9.18 Å². The summed E-state index contributed by atoms with van der Waals surface area (Å²) in [6.45, 7) is 6.05. The molecule has 0 aliphatic rings. The van der Waals surface area contributed by atoms with Gasteiger partial charge in [-0.3, -0.25) is 4.79 Å². The third-order valence-electron chi connectivity index (χ3n) is 4.02. The summed E-state index contributed by atoms with van der Waals surface area (Å²) < 4.78 is 13.0. The van der Waals surface area contributed by atoms with Gasteiger partial charge in [-0.15, -0.1) is 11.8 Å². The first kappa shape index (κ1) is 17.5. The maximum absolute atomic E-state index is 13.0. The van der Waals surface area contributed by atoms with E-state index in [2.05, 4.69) is 25.1 Å². The molecule has 0 saturated heterocycles. The molecule has 122 valence electrons. The number of rotatable bonds is 5. The molecule has 1 unspecified atom stereocenters. The van der Waals surface area contributed by atoms with Crippen molar-refractivity contribution in [3.63, 3.8) is 0 Å². The number of benzene rings is 2. The average Bonchev–Trinajstić information content (AvgIpc) is 2.54. The summed E-state index contributed by atoms with van der Waals surface area (Å²) in [7, 11) is 1.79. The fourth-order valence-electron chi connectivity index (χ4n) is 2.29. The molecule has 0 spiro atoms. The van der Waals surface area contributed by atoms with E-state index < -0.39 is 0 Å². The molecular weight excluding hydrogens is 309 g/mol. The van der Waals surface area contributed by atoms with E-state index in [0.29, 0.717) is 5.75 Å². The predicted octanol–water partition coefficient (Wildman–Crippen LogP) is 4.75. The van der Waals surface area contributed by atoms with Gasteiger partial charge in [0.15, 0.2) is 0 Å². The second-order valence-corrected chi connectivity index (χ2v) is 6.81. The van der Waals surface area contributed by atoms with Crippen molar-refractivity contribution < 1.29 is 9.18 Å². The minimum absolute atomic E-state index is 0.0627. The molecule has 2 aromatic carbocycles. The van der Waals surface area contributed by atoms with Crippen LogP contribution in [0.1, 0.15) is 29.7 Å². The molecule has 1 amide bonds. The molecule has 4 heteroatoms. The van der Waals surface area contributed by atoms with Crippen LogP contribution in [0, 0.1) is 19.7 Å². The van der Waals surface area contributed by atoms with Crippen molar-refractivity contribution in [2.75, 3.05) is 12.8 Å². The Morgan fingerprint density at radius 1 is 1.17 bits per heavy atom. The largest absolute Gasteiger partial charge is 0.338 e. The van der Waals surface area contributed by atoms with E-state index in [1.54, 1.807) is 35.8 Å². The summed E-state index contributed by atoms with van der Waals surface area (Å²) in [6.07, 6.45) is 0. The van der Waals surface area contributed by atoms with Gasteiger partial charge in [0.2, 0.25) is 5.91 Å². The van der Waals surface area contributed by atoms with Crippen molar-refractivity contribution >= 4 is 17.7 Å². The number of hydrogen-bond donors (Lipinski definition) is 0. The summed E-state index contributed by atoms with van der Waals surface area (Å²) in [4.78, 5) is 15.3. The Hall–Kier alpha value is -1.81. The lowest BCUT2D eigenvalue weighted by Crippen LogP contribution is -2.31. The number of aryl methyl sites for hydroxylation is 2. The van der Waals surface area contributed by atoms with Crippen molar-refractivity contribution in [3.05, 3.63) is 65.0 Å². The molecule has 0 N–H and O–H groups in total. The van der Waals surface area contributed by atoms with Crippen LogP contribution in [0.15, 0.2) is 47.4 Å². The number of hydrogen-bond acceptors (Lipinski definition) is 2. The Morgan fingerprint density at radius 3 is 2.48 bits per heavy atom. The van der Waals surface area contributed by atoms with Crippen LogP contribution >= 0.6 is 11.8 Å². The van der Waals surface area contributed by atoms with E-state index in [-0.39, 0.29) is 17.8 Å². The lowest BCUT2D eigenvalue weighted by Gasteiger charge is -2.25. The molecule has 0 saturated carbocycles. The van der Waals surface area contributed by atoms with Crippen LogP contribution in [0.25, 0.3) is 0 Å². The number of carbonyl (C=O) groups excluding carboxylic acids is 1. The molecule has 1 atom stereocenters. The SMILES string of the molecule is Cc1ccc(C)c(SCC(=O)N(C)C(C)c2ccc(F)cc2)c1. The van der Waals surface area contributed by atoms with Crippen LogP contribution in [-0.2, 0) is 4.79 Å². The minimum atomic E-state index is -0.264. The highest BCUT2D eigenvalue weighted by Crippen LogP contribution is 2.25. The predicted molar refractivity (Wildman–Crippen MR) is 94.2 cm³/mol. The number of carbonyl (C=O) groups is 1. The van der Waals surface area contributed by atoms with Gasteiger partial charge in [0.1, 0.15) is 5.82 Å². The molecule has 0 heterocycles. The molecule has 0 aromatic heterocycles. The smallest absolute Gasteiger partial charge is 0.233 e. The number of thioether (sulfide) groups is 1. The van der Waals surface area contributed by atoms with E-state index in [4.69, 9.17) is 0 Å². The first-order valence-electron chi connectivity index (χ1n) is 7.59. The minimum Gasteiger partial charge on any atom is -0.338 e. The number of nitrogens with zero attached hydrogens (tertiary/aromatic N) is 1. The Morgan fingerprint density at radius 2 is 1.83 bits per heavy atom. The van der Waals surface area contributed by atoms with Crippen LogP contribution in [0.2, 0.25) is 0 Å². The zero-order valence-corrected chi connectivity index (χ0v) is 14.8. The van der Waals surface area contributed by atoms with Crippen LogP contribution in [0.3, 0.4) is 0 Å². The standard InChI is InChI=1S/C19H22FNOS/c1-13-5-6-14(2)18(11-13)23-12-19(22)21(4)15(3)16-7-9-17(20)10-8-16/h5-11,15H,12H2,1-4H3. The van der Waals surface area contributed by atoms with Crippen LogP contribution in [0.5, 0.6) is 0 Å². The average molecular weight is 331 g/mol. The van der Waals surface area contributed by atoms with Crippen molar-refractivity contribution in [2.24, 2.45) is 0 Å². The van der Waals surface area contributed by atoms with Gasteiger partial charge in [-0.25, -0.2) is 4.39 Å². The van der Waals surface area contributed by atoms with Crippen molar-refractivity contribution in [1.29, 1.82) is 0 Å². The fourth-order valence-corrected chi connectivity index (χ4v) is 3.33. The third kappa shape index (κ3) is 4.58. The van der Waals surface area contributed by atoms with Gasteiger partial charge in [0, 0.05) is 11.9 Å². The van der Waals surface area contributed by atoms with Gasteiger partial charge in [0.05, 0.1) is 11.8 Å². The van der Waals surface area contributed by atoms with E-state index in [1.807, 2.05) is 13.8 Å². The summed E-state index contributed by atoms with van der Waals surface area (Å²) in [6, 6.07) is 12.5. The molecule has 0 aliphatic carbocycles. The van der Waals surface area contributed by atoms with Crippen molar-refractivity contribution in [1.82, 2.24) is 4.90 Å². The summed E-state index contributed by atoms with van der Waals surface area (Å²) in [5, 5.41) is 0. The monoisotopic (exact) mass is 331 g/mol. The fraction of sp³-hybridized carbons (Fsp3) is 0.316. The lowest BCUT2D eigenvalue weighted by molar-refractivity contribution is -0.128. The summed E-state index contributed by atoms with van der Waals surface area (Å²) in [5.41, 5.74) is 3.31. The van der Waals surface area contributed by atoms with Gasteiger partial charge in [-0.1, -0.05) is 29.8 Å². The first-order chi connectivity index (χ1) is 10.9. The third-order valence-corrected chi connectivity index (χ3v) is 5.16. The van der Waals surface area contributed by atoms with Gasteiger partial charge >= 0.3 is 0 Å². The molecule has 2 rings (SSSR count). The number of halogens is 1. The van der Waals surface area contributed by atoms with Crippen LogP contribution in [-0.4, -0.2) is 23.6 Å². The zero-order valence-electron chi connectivity index (χ0n) is 14.0. The molecule has 0 radical (unpaired) electrons. The molecule has 23 heavy (non-hydrogen) atoms. The lowest BCUT2D eigenvalue weighted by atomic mass is 10.1. The maximum atomic E-state index is 13.0. The normalized spacial score (nSPS) is 12.0. The second-order valence-electron chi connectivity index (χ2n) is 5.79. The molecular formula is C19H22FNOS. The Kier molecular flexibility index (Phi) is 5.83. The Labute approximate surface area is 141 Å². The molecule has 0 aliphatic heterocycles. The van der Waals surface area contributed by atoms with Crippen molar-refractivity contribution in [2.45, 2.75) is 31.7 Å². The summed E-state index contributed by atoms with van der Waals surface area (Å²) >= 11 is 1.56. The second kappa shape index (κ2) is 7.64. The van der Waals surface area contributed by atoms with Gasteiger partial charge < -0.3 is 4.90 Å².